The Bertz CT molecular complexity index is 348. The molecule has 4 nitrogen and oxygen atoms in total. The van der Waals surface area contributed by atoms with E-state index in [0.717, 1.165) is 5.56 Å². The number of hydrogen-bond donors (Lipinski definition) is 2. The Hall–Kier alpha value is -1.55. The number of aryl methyl sites for hydroxylation is 1. The van der Waals surface area contributed by atoms with Gasteiger partial charge in [-0.25, -0.2) is 0 Å². The molecule has 0 saturated carbocycles. The highest BCUT2D eigenvalue weighted by Gasteiger charge is 2.06. The second-order valence-electron chi connectivity index (χ2n) is 4.21. The maximum absolute atomic E-state index is 11.4. The van der Waals surface area contributed by atoms with Crippen molar-refractivity contribution in [2.45, 2.75) is 19.8 Å². The van der Waals surface area contributed by atoms with Crippen molar-refractivity contribution >= 4 is 11.7 Å². The summed E-state index contributed by atoms with van der Waals surface area (Å²) < 4.78 is 5.02. The molecule has 4 heteroatoms. The standard InChI is InChI=1S/C13H19NO3/c1-10(8-15)9-17-13(16)7-4-11-2-5-12(14)6-3-11/h2-3,5-6,10,15H,4,7-9,14H2,1H3. The van der Waals surface area contributed by atoms with Gasteiger partial charge >= 0.3 is 5.97 Å². The lowest BCUT2D eigenvalue weighted by molar-refractivity contribution is -0.145. The number of benzene rings is 1. The lowest BCUT2D eigenvalue weighted by Crippen LogP contribution is -2.14. The predicted molar refractivity (Wildman–Crippen MR) is 66.4 cm³/mol. The van der Waals surface area contributed by atoms with Gasteiger partial charge in [0.25, 0.3) is 0 Å². The molecule has 0 aliphatic carbocycles. The highest BCUT2D eigenvalue weighted by atomic mass is 16.5. The van der Waals surface area contributed by atoms with Crippen LogP contribution >= 0.6 is 0 Å². The Morgan fingerprint density at radius 3 is 2.65 bits per heavy atom. The molecule has 0 aliphatic heterocycles. The molecule has 1 aromatic carbocycles. The summed E-state index contributed by atoms with van der Waals surface area (Å²) in [6.45, 7) is 2.13. The van der Waals surface area contributed by atoms with E-state index in [9.17, 15) is 4.79 Å². The molecule has 0 amide bonds. The summed E-state index contributed by atoms with van der Waals surface area (Å²) in [7, 11) is 0. The van der Waals surface area contributed by atoms with Crippen LogP contribution in [0.25, 0.3) is 0 Å². The first-order valence-corrected chi connectivity index (χ1v) is 5.72. The third-order valence-corrected chi connectivity index (χ3v) is 2.44. The molecule has 1 aromatic rings. The predicted octanol–water partition coefficient (Wildman–Crippen LogP) is 1.37. The molecule has 0 radical (unpaired) electrons. The lowest BCUT2D eigenvalue weighted by Gasteiger charge is -2.09. The number of hydrogen-bond acceptors (Lipinski definition) is 4. The summed E-state index contributed by atoms with van der Waals surface area (Å²) in [5.74, 6) is -0.238. The minimum absolute atomic E-state index is 0.00419. The van der Waals surface area contributed by atoms with Crippen LogP contribution in [-0.2, 0) is 16.0 Å². The number of nitrogens with two attached hydrogens (primary N) is 1. The first-order chi connectivity index (χ1) is 8.11. The minimum Gasteiger partial charge on any atom is -0.465 e. The molecule has 0 heterocycles. The average molecular weight is 237 g/mol. The van der Waals surface area contributed by atoms with Gasteiger partial charge in [-0.15, -0.1) is 0 Å². The molecule has 94 valence electrons. The van der Waals surface area contributed by atoms with Gasteiger partial charge in [-0.1, -0.05) is 19.1 Å². The van der Waals surface area contributed by atoms with Gasteiger partial charge < -0.3 is 15.6 Å². The molecule has 1 atom stereocenters. The van der Waals surface area contributed by atoms with Crippen LogP contribution in [0.4, 0.5) is 5.69 Å². The van der Waals surface area contributed by atoms with Gasteiger partial charge in [0, 0.05) is 24.6 Å². The number of esters is 1. The molecule has 1 unspecified atom stereocenters. The van der Waals surface area contributed by atoms with Crippen LogP contribution < -0.4 is 5.73 Å². The van der Waals surface area contributed by atoms with Crippen molar-refractivity contribution < 1.29 is 14.6 Å². The monoisotopic (exact) mass is 237 g/mol. The Morgan fingerprint density at radius 1 is 1.41 bits per heavy atom. The van der Waals surface area contributed by atoms with Gasteiger partial charge in [-0.3, -0.25) is 4.79 Å². The fraction of sp³-hybridized carbons (Fsp3) is 0.462. The maximum atomic E-state index is 11.4. The Morgan fingerprint density at radius 2 is 2.06 bits per heavy atom. The number of carbonyl (C=O) groups excluding carboxylic acids is 1. The van der Waals surface area contributed by atoms with E-state index in [0.29, 0.717) is 18.5 Å². The fourth-order valence-electron chi connectivity index (χ4n) is 1.29. The summed E-state index contributed by atoms with van der Waals surface area (Å²) in [4.78, 5) is 11.4. The SMILES string of the molecule is CC(CO)COC(=O)CCc1ccc(N)cc1. The second-order valence-corrected chi connectivity index (χ2v) is 4.21. The van der Waals surface area contributed by atoms with Crippen molar-refractivity contribution in [1.82, 2.24) is 0 Å². The number of ether oxygens (including phenoxy) is 1. The largest absolute Gasteiger partial charge is 0.465 e. The molecule has 0 spiro atoms. The quantitative estimate of drug-likeness (QED) is 0.579. The zero-order valence-electron chi connectivity index (χ0n) is 10.1. The first-order valence-electron chi connectivity index (χ1n) is 5.72. The van der Waals surface area contributed by atoms with E-state index in [1.807, 2.05) is 31.2 Å². The topological polar surface area (TPSA) is 72.5 Å². The summed E-state index contributed by atoms with van der Waals surface area (Å²) >= 11 is 0. The lowest BCUT2D eigenvalue weighted by atomic mass is 10.1. The second kappa shape index (κ2) is 6.91. The fourth-order valence-corrected chi connectivity index (χ4v) is 1.29. The van der Waals surface area contributed by atoms with E-state index in [1.54, 1.807) is 0 Å². The van der Waals surface area contributed by atoms with Crippen molar-refractivity contribution in [3.05, 3.63) is 29.8 Å². The number of aliphatic hydroxyl groups is 1. The van der Waals surface area contributed by atoms with Crippen LogP contribution in [0.5, 0.6) is 0 Å². The molecule has 0 fully saturated rings. The molecule has 0 bridgehead atoms. The molecule has 0 aromatic heterocycles. The molecule has 17 heavy (non-hydrogen) atoms. The normalized spacial score (nSPS) is 12.1. The van der Waals surface area contributed by atoms with E-state index in [4.69, 9.17) is 15.6 Å². The highest BCUT2D eigenvalue weighted by molar-refractivity contribution is 5.69. The molecule has 0 saturated heterocycles. The third-order valence-electron chi connectivity index (χ3n) is 2.44. The molecular weight excluding hydrogens is 218 g/mol. The zero-order valence-corrected chi connectivity index (χ0v) is 10.1. The molecule has 1 rings (SSSR count). The summed E-state index contributed by atoms with van der Waals surface area (Å²) in [5, 5.41) is 8.78. The van der Waals surface area contributed by atoms with Gasteiger partial charge in [-0.05, 0) is 24.1 Å². The maximum Gasteiger partial charge on any atom is 0.306 e. The van der Waals surface area contributed by atoms with Gasteiger partial charge in [-0.2, -0.15) is 0 Å². The number of carbonyl (C=O) groups is 1. The number of aliphatic hydroxyl groups excluding tert-OH is 1. The minimum atomic E-state index is -0.234. The number of nitrogen functional groups attached to an aromatic ring is 1. The molecule has 3 N–H and O–H groups in total. The van der Waals surface area contributed by atoms with Crippen LogP contribution in [0, 0.1) is 5.92 Å². The highest BCUT2D eigenvalue weighted by Crippen LogP contribution is 2.08. The smallest absolute Gasteiger partial charge is 0.306 e. The zero-order chi connectivity index (χ0) is 12.7. The number of anilines is 1. The van der Waals surface area contributed by atoms with E-state index < -0.39 is 0 Å². The molecule has 0 aliphatic rings. The molecular formula is C13H19NO3. The van der Waals surface area contributed by atoms with Crippen LogP contribution in [0.15, 0.2) is 24.3 Å². The summed E-state index contributed by atoms with van der Waals surface area (Å²) in [5.41, 5.74) is 7.34. The van der Waals surface area contributed by atoms with Gasteiger partial charge in [0.2, 0.25) is 0 Å². The first kappa shape index (κ1) is 13.5. The van der Waals surface area contributed by atoms with Crippen LogP contribution in [-0.4, -0.2) is 24.3 Å². The summed E-state index contributed by atoms with van der Waals surface area (Å²) in [6.07, 6.45) is 0.995. The van der Waals surface area contributed by atoms with Crippen molar-refractivity contribution in [3.63, 3.8) is 0 Å². The van der Waals surface area contributed by atoms with Crippen molar-refractivity contribution in [2.24, 2.45) is 5.92 Å². The van der Waals surface area contributed by atoms with Gasteiger partial charge in [0.1, 0.15) is 0 Å². The van der Waals surface area contributed by atoms with Crippen molar-refractivity contribution in [1.29, 1.82) is 0 Å². The van der Waals surface area contributed by atoms with Crippen molar-refractivity contribution in [2.75, 3.05) is 18.9 Å². The summed E-state index contributed by atoms with van der Waals surface area (Å²) in [6, 6.07) is 7.43. The van der Waals surface area contributed by atoms with E-state index in [1.165, 1.54) is 0 Å². The van der Waals surface area contributed by atoms with E-state index >= 15 is 0 Å². The van der Waals surface area contributed by atoms with Crippen LogP contribution in [0.1, 0.15) is 18.9 Å². The van der Waals surface area contributed by atoms with Gasteiger partial charge in [0.05, 0.1) is 6.61 Å². The van der Waals surface area contributed by atoms with Crippen LogP contribution in [0.3, 0.4) is 0 Å². The third kappa shape index (κ3) is 5.36. The van der Waals surface area contributed by atoms with Crippen LogP contribution in [0.2, 0.25) is 0 Å². The van der Waals surface area contributed by atoms with E-state index in [-0.39, 0.29) is 25.1 Å². The van der Waals surface area contributed by atoms with Gasteiger partial charge in [0.15, 0.2) is 0 Å². The van der Waals surface area contributed by atoms with E-state index in [2.05, 4.69) is 0 Å². The Kier molecular flexibility index (Phi) is 5.49. The Balaban J connectivity index is 2.26. The Labute approximate surface area is 101 Å². The number of rotatable bonds is 6. The van der Waals surface area contributed by atoms with Crippen molar-refractivity contribution in [3.8, 4) is 0 Å². The average Bonchev–Trinajstić information content (AvgIpc) is 2.35.